The average molecular weight is 1150 g/mol. The number of nitrogens with zero attached hydrogens (tertiary/aromatic N) is 6. The lowest BCUT2D eigenvalue weighted by Crippen LogP contribution is -2.48. The molecule has 5 heterocycles. The van der Waals surface area contributed by atoms with Gasteiger partial charge in [-0.3, -0.25) is 19.6 Å². The quantitative estimate of drug-likeness (QED) is 0.119. The number of aliphatic hydroxyl groups is 2. The summed E-state index contributed by atoms with van der Waals surface area (Å²) in [5.74, 6) is 0.895. The monoisotopic (exact) mass is 1150 g/mol. The Bertz CT molecular complexity index is 2740. The standard InChI is InChI=1S/C27H29Br2N3O2.C24H25Br2N3OS/c1-34-23-6-2-19(3-7-23)16-30-10-12-31(13-11-30)17-22(33)18-32-26-8-4-20(28)14-24(26)25-15-21(29)5-9-27(25)32;25-18-1-3-23-21(11-18)22-12-19(26)2-4-24(22)29(23)15-20(30)14-28-8-6-27(7-9-28)13-17-5-10-31-16-17/h2-9,14-15,22,33H,10-13,16-18H2,1H3;1-5,10-12,16,20,30H,6-9,13-15H2. The highest BCUT2D eigenvalue weighted by molar-refractivity contribution is 9.11. The molecule has 65 heavy (non-hydrogen) atoms. The summed E-state index contributed by atoms with van der Waals surface area (Å²) in [6.07, 6.45) is -0.839. The minimum Gasteiger partial charge on any atom is -0.497 e. The Morgan fingerprint density at radius 3 is 1.20 bits per heavy atom. The van der Waals surface area contributed by atoms with E-state index in [1.807, 2.05) is 12.1 Å². The zero-order chi connectivity index (χ0) is 45.0. The highest BCUT2D eigenvalue weighted by atomic mass is 79.9. The van der Waals surface area contributed by atoms with Gasteiger partial charge in [0.1, 0.15) is 5.75 Å². The van der Waals surface area contributed by atoms with Crippen LogP contribution in [-0.4, -0.2) is 124 Å². The molecular weight excluding hydrogens is 1100 g/mol. The van der Waals surface area contributed by atoms with Crippen LogP contribution in [0.5, 0.6) is 5.75 Å². The normalized spacial score (nSPS) is 16.7. The maximum absolute atomic E-state index is 11.0. The van der Waals surface area contributed by atoms with E-state index >= 15 is 0 Å². The first-order valence-electron chi connectivity index (χ1n) is 22.2. The van der Waals surface area contributed by atoms with Gasteiger partial charge in [0, 0.05) is 140 Å². The fourth-order valence-corrected chi connectivity index (χ4v) is 11.6. The Balaban J connectivity index is 0.000000165. The number of piperazine rings is 2. The number of aromatic nitrogens is 2. The first kappa shape index (κ1) is 47.0. The minimum atomic E-state index is -0.431. The highest BCUT2D eigenvalue weighted by Gasteiger charge is 2.23. The van der Waals surface area contributed by atoms with E-state index in [0.29, 0.717) is 26.2 Å². The summed E-state index contributed by atoms with van der Waals surface area (Å²) in [6.45, 7) is 12.6. The smallest absolute Gasteiger partial charge is 0.118 e. The molecule has 2 aliphatic rings. The van der Waals surface area contributed by atoms with Gasteiger partial charge in [-0.25, -0.2) is 0 Å². The zero-order valence-corrected chi connectivity index (χ0v) is 43.6. The van der Waals surface area contributed by atoms with Crippen LogP contribution in [0.25, 0.3) is 43.6 Å². The first-order chi connectivity index (χ1) is 31.6. The molecule has 0 bridgehead atoms. The third kappa shape index (κ3) is 11.4. The van der Waals surface area contributed by atoms with E-state index in [1.54, 1.807) is 18.4 Å². The number of halogens is 4. The summed E-state index contributed by atoms with van der Waals surface area (Å²) in [4.78, 5) is 9.77. The molecule has 5 aromatic carbocycles. The van der Waals surface area contributed by atoms with Crippen molar-refractivity contribution in [1.29, 1.82) is 0 Å². The molecule has 0 radical (unpaired) electrons. The minimum absolute atomic E-state index is 0.408. The number of aliphatic hydroxyl groups excluding tert-OH is 2. The molecule has 340 valence electrons. The van der Waals surface area contributed by atoms with Crippen LogP contribution in [0.3, 0.4) is 0 Å². The summed E-state index contributed by atoms with van der Waals surface area (Å²) in [7, 11) is 1.70. The van der Waals surface area contributed by atoms with Gasteiger partial charge in [0.25, 0.3) is 0 Å². The van der Waals surface area contributed by atoms with Crippen molar-refractivity contribution in [2.75, 3.05) is 72.6 Å². The number of rotatable bonds is 13. The number of fused-ring (bicyclic) bond motifs is 6. The predicted octanol–water partition coefficient (Wildman–Crippen LogP) is 11.1. The van der Waals surface area contributed by atoms with Gasteiger partial charge in [0.05, 0.1) is 32.4 Å². The molecule has 2 unspecified atom stereocenters. The molecule has 3 aromatic heterocycles. The van der Waals surface area contributed by atoms with Gasteiger partial charge in [-0.15, -0.1) is 0 Å². The van der Waals surface area contributed by atoms with Crippen LogP contribution in [0.4, 0.5) is 0 Å². The van der Waals surface area contributed by atoms with Gasteiger partial charge in [-0.1, -0.05) is 75.9 Å². The molecule has 14 heteroatoms. The maximum atomic E-state index is 11.0. The molecule has 2 aliphatic heterocycles. The molecule has 2 fully saturated rings. The van der Waals surface area contributed by atoms with E-state index in [1.165, 1.54) is 32.7 Å². The lowest BCUT2D eigenvalue weighted by molar-refractivity contribution is 0.0633. The van der Waals surface area contributed by atoms with Crippen LogP contribution in [0.15, 0.2) is 132 Å². The second-order valence-electron chi connectivity index (χ2n) is 17.3. The van der Waals surface area contributed by atoms with E-state index in [4.69, 9.17) is 4.74 Å². The van der Waals surface area contributed by atoms with E-state index in [0.717, 1.165) is 111 Å². The van der Waals surface area contributed by atoms with E-state index in [-0.39, 0.29) is 0 Å². The number of hydrogen-bond donors (Lipinski definition) is 2. The van der Waals surface area contributed by atoms with Gasteiger partial charge >= 0.3 is 0 Å². The topological polar surface area (TPSA) is 72.5 Å². The molecule has 9 nitrogen and oxygen atoms in total. The summed E-state index contributed by atoms with van der Waals surface area (Å²) >= 11 is 16.2. The van der Waals surface area contributed by atoms with Crippen molar-refractivity contribution in [2.24, 2.45) is 0 Å². The number of hydrogen-bond acceptors (Lipinski definition) is 8. The fraction of sp³-hybridized carbons (Fsp3) is 0.333. The Hall–Kier alpha value is -3.12. The predicted molar refractivity (Wildman–Crippen MR) is 282 cm³/mol. The SMILES string of the molecule is COc1ccc(CN2CCN(CC(O)Cn3c4ccc(Br)cc4c4cc(Br)ccc43)CC2)cc1.OC(CN1CCN(Cc2ccsc2)CC1)Cn1c2ccc(Br)cc2c2cc(Br)ccc21. The third-order valence-electron chi connectivity index (χ3n) is 12.8. The summed E-state index contributed by atoms with van der Waals surface area (Å²) < 4.78 is 14.0. The number of thiophene rings is 1. The van der Waals surface area contributed by atoms with Crippen LogP contribution >= 0.6 is 75.1 Å². The summed E-state index contributed by atoms with van der Waals surface area (Å²) in [6, 6.07) is 36.0. The Morgan fingerprint density at radius 2 is 0.846 bits per heavy atom. The molecular formula is C51H54Br4N6O3S. The number of methoxy groups -OCH3 is 1. The molecule has 0 spiro atoms. The first-order valence-corrected chi connectivity index (χ1v) is 26.3. The summed E-state index contributed by atoms with van der Waals surface area (Å²) in [5, 5.41) is 31.2. The van der Waals surface area contributed by atoms with Crippen LogP contribution in [-0.2, 0) is 26.2 Å². The fourth-order valence-electron chi connectivity index (χ4n) is 9.51. The molecule has 2 atom stereocenters. The van der Waals surface area contributed by atoms with Gasteiger partial charge < -0.3 is 24.1 Å². The van der Waals surface area contributed by atoms with E-state index in [9.17, 15) is 10.2 Å². The van der Waals surface area contributed by atoms with Crippen molar-refractivity contribution in [3.8, 4) is 5.75 Å². The van der Waals surface area contributed by atoms with Gasteiger partial charge in [-0.05, 0) is 113 Å². The molecule has 2 saturated heterocycles. The average Bonchev–Trinajstić information content (AvgIpc) is 4.00. The van der Waals surface area contributed by atoms with Crippen LogP contribution < -0.4 is 4.74 Å². The Labute approximate surface area is 418 Å². The van der Waals surface area contributed by atoms with Crippen molar-refractivity contribution in [3.05, 3.63) is 143 Å². The molecule has 8 aromatic rings. The van der Waals surface area contributed by atoms with E-state index in [2.05, 4.69) is 194 Å². The van der Waals surface area contributed by atoms with Crippen molar-refractivity contribution < 1.29 is 14.9 Å². The second-order valence-corrected chi connectivity index (χ2v) is 21.8. The van der Waals surface area contributed by atoms with Crippen molar-refractivity contribution in [2.45, 2.75) is 38.4 Å². The number of benzene rings is 5. The third-order valence-corrected chi connectivity index (χ3v) is 15.5. The number of β-amino-alcohol motifs (C(OH)–C–C–N with tert-alkyl or cyclic N) is 2. The second kappa shape index (κ2) is 21.5. The maximum Gasteiger partial charge on any atom is 0.118 e. The molecule has 0 aliphatic carbocycles. The van der Waals surface area contributed by atoms with Crippen LogP contribution in [0, 0.1) is 0 Å². The number of ether oxygens (including phenoxy) is 1. The summed E-state index contributed by atoms with van der Waals surface area (Å²) in [5.41, 5.74) is 7.34. The van der Waals surface area contributed by atoms with Crippen molar-refractivity contribution in [3.63, 3.8) is 0 Å². The van der Waals surface area contributed by atoms with Gasteiger partial charge in [-0.2, -0.15) is 11.3 Å². The zero-order valence-electron chi connectivity index (χ0n) is 36.4. The van der Waals surface area contributed by atoms with Crippen molar-refractivity contribution in [1.82, 2.24) is 28.7 Å². The Morgan fingerprint density at radius 1 is 0.477 bits per heavy atom. The Kier molecular flexibility index (Phi) is 15.5. The molecule has 0 amide bonds. The van der Waals surface area contributed by atoms with E-state index < -0.39 is 12.2 Å². The molecule has 2 N–H and O–H groups in total. The lowest BCUT2D eigenvalue weighted by Gasteiger charge is -2.35. The van der Waals surface area contributed by atoms with Gasteiger partial charge in [0.15, 0.2) is 0 Å². The largest absolute Gasteiger partial charge is 0.497 e. The molecule has 0 saturated carbocycles. The van der Waals surface area contributed by atoms with Crippen molar-refractivity contribution >= 4 is 119 Å². The lowest BCUT2D eigenvalue weighted by atomic mass is 10.2. The van der Waals surface area contributed by atoms with Gasteiger partial charge in [0.2, 0.25) is 0 Å². The highest BCUT2D eigenvalue weighted by Crippen LogP contribution is 2.35. The van der Waals surface area contributed by atoms with Crippen LogP contribution in [0.2, 0.25) is 0 Å². The van der Waals surface area contributed by atoms with Crippen LogP contribution in [0.1, 0.15) is 11.1 Å². The molecule has 10 rings (SSSR count).